The molecule has 1 aliphatic heterocycles. The second kappa shape index (κ2) is 6.92. The first kappa shape index (κ1) is 14.4. The number of nitrogens with zero attached hydrogens (tertiary/aromatic N) is 2. The van der Waals surface area contributed by atoms with E-state index in [0.29, 0.717) is 18.7 Å². The molecular formula is C15H20N4O. The molecule has 0 saturated carbocycles. The van der Waals surface area contributed by atoms with Gasteiger partial charge in [0, 0.05) is 19.6 Å². The normalized spacial score (nSPS) is 15.4. The van der Waals surface area contributed by atoms with Crippen LogP contribution in [0.25, 0.3) is 0 Å². The van der Waals surface area contributed by atoms with Crippen molar-refractivity contribution in [3.05, 3.63) is 29.3 Å². The topological polar surface area (TPSA) is 68.2 Å². The fourth-order valence-electron chi connectivity index (χ4n) is 2.34. The van der Waals surface area contributed by atoms with Crippen molar-refractivity contribution in [3.8, 4) is 6.07 Å². The predicted octanol–water partition coefficient (Wildman–Crippen LogP) is 0.994. The van der Waals surface area contributed by atoms with Crippen molar-refractivity contribution in [2.45, 2.75) is 19.9 Å². The number of hydrogen-bond acceptors (Lipinski definition) is 4. The number of rotatable bonds is 4. The molecule has 1 heterocycles. The monoisotopic (exact) mass is 272 g/mol. The van der Waals surface area contributed by atoms with Crippen LogP contribution in [0.5, 0.6) is 0 Å². The fraction of sp³-hybridized carbons (Fsp3) is 0.467. The highest BCUT2D eigenvalue weighted by Gasteiger charge is 2.17. The Kier molecular flexibility index (Phi) is 4.97. The molecule has 1 aromatic rings. The van der Waals surface area contributed by atoms with E-state index in [1.54, 1.807) is 0 Å². The maximum absolute atomic E-state index is 11.6. The van der Waals surface area contributed by atoms with E-state index < -0.39 is 0 Å². The van der Waals surface area contributed by atoms with E-state index in [4.69, 9.17) is 0 Å². The summed E-state index contributed by atoms with van der Waals surface area (Å²) in [6.07, 6.45) is 0.899. The van der Waals surface area contributed by atoms with Crippen LogP contribution in [0.3, 0.4) is 0 Å². The van der Waals surface area contributed by atoms with Gasteiger partial charge in [0.25, 0.3) is 0 Å². The van der Waals surface area contributed by atoms with Crippen molar-refractivity contribution in [2.75, 3.05) is 31.1 Å². The van der Waals surface area contributed by atoms with Gasteiger partial charge in [-0.25, -0.2) is 0 Å². The summed E-state index contributed by atoms with van der Waals surface area (Å²) in [4.78, 5) is 13.6. The number of benzene rings is 1. The maximum atomic E-state index is 11.6. The zero-order valence-corrected chi connectivity index (χ0v) is 11.8. The molecule has 1 amide bonds. The SMILES string of the molecule is CCNCc1ccc(N2CCCNC(=O)C2)c(C#N)c1. The van der Waals surface area contributed by atoms with E-state index in [-0.39, 0.29) is 5.91 Å². The number of hydrogen-bond donors (Lipinski definition) is 2. The van der Waals surface area contributed by atoms with E-state index >= 15 is 0 Å². The lowest BCUT2D eigenvalue weighted by Crippen LogP contribution is -2.33. The highest BCUT2D eigenvalue weighted by molar-refractivity contribution is 5.82. The minimum atomic E-state index is 0.0168. The third-order valence-electron chi connectivity index (χ3n) is 3.36. The van der Waals surface area contributed by atoms with Crippen molar-refractivity contribution < 1.29 is 4.79 Å². The third-order valence-corrected chi connectivity index (χ3v) is 3.36. The van der Waals surface area contributed by atoms with Gasteiger partial charge in [0.15, 0.2) is 0 Å². The van der Waals surface area contributed by atoms with Crippen LogP contribution in [0.1, 0.15) is 24.5 Å². The summed E-state index contributed by atoms with van der Waals surface area (Å²) >= 11 is 0. The quantitative estimate of drug-likeness (QED) is 0.858. The Morgan fingerprint density at radius 3 is 3.10 bits per heavy atom. The first-order chi connectivity index (χ1) is 9.74. The van der Waals surface area contributed by atoms with E-state index in [1.165, 1.54) is 0 Å². The van der Waals surface area contributed by atoms with Crippen molar-refractivity contribution in [1.29, 1.82) is 5.26 Å². The van der Waals surface area contributed by atoms with E-state index in [0.717, 1.165) is 37.3 Å². The van der Waals surface area contributed by atoms with Crippen molar-refractivity contribution in [3.63, 3.8) is 0 Å². The summed E-state index contributed by atoms with van der Waals surface area (Å²) in [5.41, 5.74) is 2.58. The second-order valence-electron chi connectivity index (χ2n) is 4.87. The van der Waals surface area contributed by atoms with E-state index in [2.05, 4.69) is 23.6 Å². The average Bonchev–Trinajstić information content (AvgIpc) is 2.69. The Labute approximate surface area is 119 Å². The average molecular weight is 272 g/mol. The molecule has 20 heavy (non-hydrogen) atoms. The Balaban J connectivity index is 2.22. The molecule has 1 saturated heterocycles. The largest absolute Gasteiger partial charge is 0.361 e. The number of carbonyl (C=O) groups excluding carboxylic acids is 1. The molecule has 1 aromatic carbocycles. The zero-order chi connectivity index (χ0) is 14.4. The van der Waals surface area contributed by atoms with E-state index in [9.17, 15) is 10.1 Å². The predicted molar refractivity (Wildman–Crippen MR) is 78.4 cm³/mol. The molecule has 0 bridgehead atoms. The second-order valence-corrected chi connectivity index (χ2v) is 4.87. The Bertz CT molecular complexity index is 521. The van der Waals surface area contributed by atoms with Crippen molar-refractivity contribution >= 4 is 11.6 Å². The summed E-state index contributed by atoms with van der Waals surface area (Å²) in [7, 11) is 0. The van der Waals surface area contributed by atoms with Crippen LogP contribution in [-0.2, 0) is 11.3 Å². The molecule has 1 aliphatic rings. The van der Waals surface area contributed by atoms with Crippen LogP contribution in [0.4, 0.5) is 5.69 Å². The Morgan fingerprint density at radius 1 is 1.50 bits per heavy atom. The van der Waals surface area contributed by atoms with Crippen LogP contribution in [0.2, 0.25) is 0 Å². The van der Waals surface area contributed by atoms with Gasteiger partial charge in [-0.15, -0.1) is 0 Å². The minimum Gasteiger partial charge on any atom is -0.361 e. The molecule has 2 rings (SSSR count). The lowest BCUT2D eigenvalue weighted by Gasteiger charge is -2.22. The molecule has 106 valence electrons. The van der Waals surface area contributed by atoms with E-state index in [1.807, 2.05) is 23.1 Å². The molecular weight excluding hydrogens is 252 g/mol. The molecule has 5 heteroatoms. The van der Waals surface area contributed by atoms with Gasteiger partial charge in [-0.05, 0) is 30.7 Å². The number of amides is 1. The van der Waals surface area contributed by atoms with Gasteiger partial charge in [-0.2, -0.15) is 5.26 Å². The molecule has 0 aromatic heterocycles. The summed E-state index contributed by atoms with van der Waals surface area (Å²) < 4.78 is 0. The van der Waals surface area contributed by atoms with Crippen LogP contribution in [-0.4, -0.2) is 32.1 Å². The summed E-state index contributed by atoms with van der Waals surface area (Å²) in [6.45, 7) is 5.52. The zero-order valence-electron chi connectivity index (χ0n) is 11.8. The highest BCUT2D eigenvalue weighted by Crippen LogP contribution is 2.22. The summed E-state index contributed by atoms with van der Waals surface area (Å²) in [6, 6.07) is 8.11. The smallest absolute Gasteiger partial charge is 0.239 e. The summed E-state index contributed by atoms with van der Waals surface area (Å²) in [5.74, 6) is 0.0168. The molecule has 5 nitrogen and oxygen atoms in total. The molecule has 0 unspecified atom stereocenters. The summed E-state index contributed by atoms with van der Waals surface area (Å²) in [5, 5.41) is 15.4. The molecule has 0 aliphatic carbocycles. The maximum Gasteiger partial charge on any atom is 0.239 e. The number of nitriles is 1. The molecule has 2 N–H and O–H groups in total. The van der Waals surface area contributed by atoms with Crippen LogP contribution >= 0.6 is 0 Å². The van der Waals surface area contributed by atoms with Gasteiger partial charge in [0.1, 0.15) is 6.07 Å². The van der Waals surface area contributed by atoms with Gasteiger partial charge in [-0.1, -0.05) is 13.0 Å². The van der Waals surface area contributed by atoms with Gasteiger partial charge >= 0.3 is 0 Å². The van der Waals surface area contributed by atoms with Crippen molar-refractivity contribution in [2.24, 2.45) is 0 Å². The lowest BCUT2D eigenvalue weighted by molar-refractivity contribution is -0.119. The third kappa shape index (κ3) is 3.49. The standard InChI is InChI=1S/C15H20N4O/c1-2-17-10-12-4-5-14(13(8-12)9-16)19-7-3-6-18-15(20)11-19/h4-5,8,17H,2-3,6-7,10-11H2,1H3,(H,18,20). The Hall–Kier alpha value is -2.06. The number of nitrogens with one attached hydrogen (secondary N) is 2. The van der Waals surface area contributed by atoms with Gasteiger partial charge in [0.05, 0.1) is 17.8 Å². The highest BCUT2D eigenvalue weighted by atomic mass is 16.2. The van der Waals surface area contributed by atoms with Gasteiger partial charge in [0.2, 0.25) is 5.91 Å². The van der Waals surface area contributed by atoms with Crippen LogP contribution < -0.4 is 15.5 Å². The molecule has 0 radical (unpaired) electrons. The Morgan fingerprint density at radius 2 is 2.35 bits per heavy atom. The lowest BCUT2D eigenvalue weighted by atomic mass is 10.1. The fourth-order valence-corrected chi connectivity index (χ4v) is 2.34. The van der Waals surface area contributed by atoms with Crippen molar-refractivity contribution in [1.82, 2.24) is 10.6 Å². The van der Waals surface area contributed by atoms with Gasteiger partial charge < -0.3 is 15.5 Å². The molecule has 0 spiro atoms. The van der Waals surface area contributed by atoms with Crippen LogP contribution in [0, 0.1) is 11.3 Å². The molecule has 1 fully saturated rings. The molecule has 0 atom stereocenters. The van der Waals surface area contributed by atoms with Crippen LogP contribution in [0.15, 0.2) is 18.2 Å². The number of carbonyl (C=O) groups is 1. The number of anilines is 1. The first-order valence-corrected chi connectivity index (χ1v) is 7.00. The van der Waals surface area contributed by atoms with Gasteiger partial charge in [-0.3, -0.25) is 4.79 Å². The first-order valence-electron chi connectivity index (χ1n) is 7.00. The minimum absolute atomic E-state index is 0.0168.